The summed E-state index contributed by atoms with van der Waals surface area (Å²) in [5, 5.41) is 22.6. The van der Waals surface area contributed by atoms with Gasteiger partial charge < -0.3 is 25.6 Å². The lowest BCUT2D eigenvalue weighted by molar-refractivity contribution is 0.191. The number of likely N-dealkylation sites (N-methyl/N-ethyl adjacent to an activating group) is 2. The number of pyridine rings is 1. The molecular weight excluding hydrogens is 600 g/mol. The molecule has 45 heavy (non-hydrogen) atoms. The number of aromatic nitrogens is 7. The van der Waals surface area contributed by atoms with E-state index in [0.29, 0.717) is 72.9 Å². The number of rotatable bonds is 12. The summed E-state index contributed by atoms with van der Waals surface area (Å²) in [6.45, 7) is 8.30. The SMILES string of the molecule is CCN(CCN(CC)C(=O)Nc1cn(-c2nnc(NCc3ccc(OC)c(Cl)c3)c3c2cnc2c3cnn2CC)cn1)C(N)=O. The number of primary amides is 1. The third kappa shape index (κ3) is 6.52. The fraction of sp³-hybridized carbons (Fsp3) is 0.345. The number of nitrogens with one attached hydrogen (secondary N) is 2. The average molecular weight is 635 g/mol. The number of imidazole rings is 1. The fourth-order valence-corrected chi connectivity index (χ4v) is 5.25. The highest BCUT2D eigenvalue weighted by Gasteiger charge is 2.19. The molecule has 5 rings (SSSR count). The zero-order valence-electron chi connectivity index (χ0n) is 25.5. The van der Waals surface area contributed by atoms with E-state index in [9.17, 15) is 9.59 Å². The number of hydrogen-bond acceptors (Lipinski definition) is 9. The van der Waals surface area contributed by atoms with Crippen molar-refractivity contribution >= 4 is 57.1 Å². The van der Waals surface area contributed by atoms with Gasteiger partial charge in [-0.15, -0.1) is 10.2 Å². The van der Waals surface area contributed by atoms with Gasteiger partial charge in [0, 0.05) is 56.2 Å². The molecule has 0 saturated carbocycles. The number of carbonyl (C=O) groups is 2. The van der Waals surface area contributed by atoms with Crippen molar-refractivity contribution in [1.29, 1.82) is 0 Å². The van der Waals surface area contributed by atoms with E-state index in [1.54, 1.807) is 41.5 Å². The maximum atomic E-state index is 13.0. The Morgan fingerprint density at radius 3 is 2.51 bits per heavy atom. The molecule has 1 aromatic carbocycles. The maximum Gasteiger partial charge on any atom is 0.323 e. The number of urea groups is 2. The quantitative estimate of drug-likeness (QED) is 0.182. The predicted molar refractivity (Wildman–Crippen MR) is 172 cm³/mol. The molecule has 236 valence electrons. The third-order valence-corrected chi connectivity index (χ3v) is 7.72. The van der Waals surface area contributed by atoms with Gasteiger partial charge in [0.1, 0.15) is 12.1 Å². The lowest BCUT2D eigenvalue weighted by Gasteiger charge is -2.25. The van der Waals surface area contributed by atoms with Crippen LogP contribution >= 0.6 is 11.6 Å². The smallest absolute Gasteiger partial charge is 0.323 e. The predicted octanol–water partition coefficient (Wildman–Crippen LogP) is 4.11. The monoisotopic (exact) mass is 634 g/mol. The van der Waals surface area contributed by atoms with Crippen molar-refractivity contribution in [2.45, 2.75) is 33.9 Å². The molecule has 0 aliphatic heterocycles. The van der Waals surface area contributed by atoms with Crippen LogP contribution in [0.4, 0.5) is 21.2 Å². The van der Waals surface area contributed by atoms with Gasteiger partial charge in [-0.25, -0.2) is 24.2 Å². The molecule has 0 aliphatic carbocycles. The summed E-state index contributed by atoms with van der Waals surface area (Å²) in [7, 11) is 1.57. The number of amides is 4. The first kappa shape index (κ1) is 31.3. The number of anilines is 2. The molecule has 4 aromatic heterocycles. The minimum Gasteiger partial charge on any atom is -0.495 e. The summed E-state index contributed by atoms with van der Waals surface area (Å²) in [6.07, 6.45) is 6.71. The van der Waals surface area contributed by atoms with Crippen LogP contribution in [0.1, 0.15) is 26.3 Å². The maximum absolute atomic E-state index is 13.0. The second kappa shape index (κ2) is 13.6. The van der Waals surface area contributed by atoms with Gasteiger partial charge in [0.15, 0.2) is 23.1 Å². The molecule has 0 fully saturated rings. The fourth-order valence-electron chi connectivity index (χ4n) is 4.96. The number of methoxy groups -OCH3 is 1. The largest absolute Gasteiger partial charge is 0.495 e. The highest BCUT2D eigenvalue weighted by molar-refractivity contribution is 6.32. The molecule has 0 saturated heterocycles. The lowest BCUT2D eigenvalue weighted by Crippen LogP contribution is -2.44. The number of halogens is 1. The van der Waals surface area contributed by atoms with E-state index >= 15 is 0 Å². The van der Waals surface area contributed by atoms with E-state index in [-0.39, 0.29) is 6.03 Å². The van der Waals surface area contributed by atoms with Gasteiger partial charge in [-0.05, 0) is 38.5 Å². The zero-order chi connectivity index (χ0) is 32.1. The van der Waals surface area contributed by atoms with E-state index in [1.807, 2.05) is 43.7 Å². The van der Waals surface area contributed by atoms with Crippen molar-refractivity contribution in [3.05, 3.63) is 53.7 Å². The van der Waals surface area contributed by atoms with Gasteiger partial charge in [-0.3, -0.25) is 9.88 Å². The molecule has 15 nitrogen and oxygen atoms in total. The van der Waals surface area contributed by atoms with Crippen molar-refractivity contribution < 1.29 is 14.3 Å². The Balaban J connectivity index is 1.43. The Morgan fingerprint density at radius 1 is 1.04 bits per heavy atom. The number of benzene rings is 1. The van der Waals surface area contributed by atoms with Crippen LogP contribution in [0.3, 0.4) is 0 Å². The number of hydrogen-bond donors (Lipinski definition) is 3. The van der Waals surface area contributed by atoms with E-state index in [4.69, 9.17) is 22.1 Å². The van der Waals surface area contributed by atoms with Crippen LogP contribution in [0.2, 0.25) is 5.02 Å². The van der Waals surface area contributed by atoms with Gasteiger partial charge in [0.2, 0.25) is 0 Å². The molecular formula is C29H35ClN12O3. The Bertz CT molecular complexity index is 1840. The van der Waals surface area contributed by atoms with Crippen LogP contribution in [0.25, 0.3) is 27.6 Å². The summed E-state index contributed by atoms with van der Waals surface area (Å²) >= 11 is 6.34. The molecule has 4 amide bonds. The van der Waals surface area contributed by atoms with Crippen LogP contribution in [0.15, 0.2) is 43.1 Å². The molecule has 0 bridgehead atoms. The van der Waals surface area contributed by atoms with E-state index < -0.39 is 6.03 Å². The first-order valence-electron chi connectivity index (χ1n) is 14.5. The van der Waals surface area contributed by atoms with Crippen LogP contribution in [0.5, 0.6) is 5.75 Å². The summed E-state index contributed by atoms with van der Waals surface area (Å²) in [4.78, 5) is 36.6. The molecule has 0 aliphatic rings. The number of aryl methyl sites for hydroxylation is 1. The summed E-state index contributed by atoms with van der Waals surface area (Å²) in [6, 6.07) is 4.69. The number of carbonyl (C=O) groups excluding carboxylic acids is 2. The zero-order valence-corrected chi connectivity index (χ0v) is 26.2. The Labute approximate surface area is 264 Å². The van der Waals surface area contributed by atoms with Crippen molar-refractivity contribution in [3.63, 3.8) is 0 Å². The minimum atomic E-state index is -0.527. The van der Waals surface area contributed by atoms with Gasteiger partial charge in [0.05, 0.1) is 29.9 Å². The average Bonchev–Trinajstić information content (AvgIpc) is 3.68. The number of ether oxygens (including phenoxy) is 1. The topological polar surface area (TPSA) is 174 Å². The lowest BCUT2D eigenvalue weighted by atomic mass is 10.1. The van der Waals surface area contributed by atoms with Crippen molar-refractivity contribution in [3.8, 4) is 11.6 Å². The van der Waals surface area contributed by atoms with Gasteiger partial charge >= 0.3 is 12.1 Å². The Hall–Kier alpha value is -5.18. The van der Waals surface area contributed by atoms with Gasteiger partial charge in [-0.1, -0.05) is 17.7 Å². The number of nitrogens with zero attached hydrogens (tertiary/aromatic N) is 9. The first-order valence-corrected chi connectivity index (χ1v) is 14.9. The first-order chi connectivity index (χ1) is 21.8. The highest BCUT2D eigenvalue weighted by atomic mass is 35.5. The van der Waals surface area contributed by atoms with E-state index in [2.05, 4.69) is 35.9 Å². The van der Waals surface area contributed by atoms with E-state index in [0.717, 1.165) is 22.0 Å². The second-order valence-corrected chi connectivity index (χ2v) is 10.4. The highest BCUT2D eigenvalue weighted by Crippen LogP contribution is 2.32. The van der Waals surface area contributed by atoms with Crippen LogP contribution in [0, 0.1) is 0 Å². The van der Waals surface area contributed by atoms with Crippen LogP contribution < -0.4 is 21.1 Å². The van der Waals surface area contributed by atoms with Crippen molar-refractivity contribution in [1.82, 2.24) is 44.3 Å². The van der Waals surface area contributed by atoms with Crippen molar-refractivity contribution in [2.75, 3.05) is 43.9 Å². The van der Waals surface area contributed by atoms with Gasteiger partial charge in [0.25, 0.3) is 0 Å². The molecule has 0 radical (unpaired) electrons. The Kier molecular flexibility index (Phi) is 9.47. The molecule has 16 heteroatoms. The third-order valence-electron chi connectivity index (χ3n) is 7.43. The molecule has 0 atom stereocenters. The Morgan fingerprint density at radius 2 is 1.82 bits per heavy atom. The van der Waals surface area contributed by atoms with E-state index in [1.165, 1.54) is 4.90 Å². The molecule has 0 unspecified atom stereocenters. The van der Waals surface area contributed by atoms with Crippen LogP contribution in [-0.4, -0.2) is 89.7 Å². The summed E-state index contributed by atoms with van der Waals surface area (Å²) in [5.74, 6) is 1.94. The van der Waals surface area contributed by atoms with Crippen LogP contribution in [-0.2, 0) is 13.1 Å². The molecule has 4 heterocycles. The van der Waals surface area contributed by atoms with Crippen molar-refractivity contribution in [2.24, 2.45) is 5.73 Å². The second-order valence-electron chi connectivity index (χ2n) is 10.0. The normalized spacial score (nSPS) is 11.1. The van der Waals surface area contributed by atoms with Gasteiger partial charge in [-0.2, -0.15) is 5.10 Å². The molecule has 0 spiro atoms. The summed E-state index contributed by atoms with van der Waals surface area (Å²) in [5.41, 5.74) is 7.05. The molecule has 4 N–H and O–H groups in total. The number of fused-ring (bicyclic) bond motifs is 3. The standard InChI is InChI=1S/C29H35ClN12O3/c1-5-39(28(31)43)10-11-40(6-2)29(44)36-23-16-41(17-34-23)27-19-14-33-26-20(15-35-42(26)7-3)24(19)25(37-38-27)32-13-18-8-9-22(45-4)21(30)12-18/h8-9,12,14-17H,5-7,10-11,13H2,1-4H3,(H2,31,43)(H,32,37)(H,36,44). The minimum absolute atomic E-state index is 0.320. The summed E-state index contributed by atoms with van der Waals surface area (Å²) < 4.78 is 8.76. The number of nitrogens with two attached hydrogens (primary N) is 1. The molecule has 5 aromatic rings.